The molecular formula is C39H41N5O4S. The van der Waals surface area contributed by atoms with E-state index in [9.17, 15) is 18.4 Å². The summed E-state index contributed by atoms with van der Waals surface area (Å²) in [5.74, 6) is 0.385. The summed E-state index contributed by atoms with van der Waals surface area (Å²) in [4.78, 5) is 27.7. The number of unbranched alkanes of at least 4 members (excludes halogenated alkanes) is 2. The molecule has 10 heteroatoms. The van der Waals surface area contributed by atoms with Crippen molar-refractivity contribution in [3.8, 4) is 11.3 Å². The molecule has 0 saturated heterocycles. The van der Waals surface area contributed by atoms with E-state index in [1.165, 1.54) is 17.7 Å². The van der Waals surface area contributed by atoms with Crippen LogP contribution in [-0.2, 0) is 23.0 Å². The first kappa shape index (κ1) is 33.8. The van der Waals surface area contributed by atoms with Crippen molar-refractivity contribution in [2.24, 2.45) is 0 Å². The van der Waals surface area contributed by atoms with Crippen LogP contribution in [0.15, 0.2) is 102 Å². The summed E-state index contributed by atoms with van der Waals surface area (Å²) in [5, 5.41) is 14.9. The second-order valence-corrected chi connectivity index (χ2v) is 14.2. The number of aromatic nitrogens is 2. The summed E-state index contributed by atoms with van der Waals surface area (Å²) in [7, 11) is -4.41. The zero-order valence-corrected chi connectivity index (χ0v) is 28.8. The smallest absolute Gasteiger partial charge is 0.405 e. The number of carbonyl (C=O) groups is 1. The van der Waals surface area contributed by atoms with Crippen molar-refractivity contribution in [2.45, 2.75) is 57.4 Å². The molecule has 2 heterocycles. The number of carbonyl (C=O) groups excluding carboxylic acids is 1. The average molecular weight is 676 g/mol. The molecule has 0 bridgehead atoms. The van der Waals surface area contributed by atoms with Crippen LogP contribution >= 0.6 is 0 Å². The van der Waals surface area contributed by atoms with Crippen molar-refractivity contribution in [2.75, 3.05) is 24.5 Å². The Labute approximate surface area is 288 Å². The molecule has 0 N–H and O–H groups in total. The van der Waals surface area contributed by atoms with E-state index in [0.29, 0.717) is 41.2 Å². The molecule has 5 aromatic rings. The Balaban J connectivity index is 1.39. The second-order valence-electron chi connectivity index (χ2n) is 12.4. The topological polar surface area (TPSA) is 110 Å². The maximum atomic E-state index is 14.3. The number of rotatable bonds is 12. The summed E-state index contributed by atoms with van der Waals surface area (Å²) >= 11 is 0. The maximum absolute atomic E-state index is 14.3. The third kappa shape index (κ3) is 7.49. The molecule has 0 unspecified atom stereocenters. The van der Waals surface area contributed by atoms with E-state index < -0.39 is 10.0 Å². The van der Waals surface area contributed by atoms with Gasteiger partial charge in [0.1, 0.15) is 4.90 Å². The van der Waals surface area contributed by atoms with Gasteiger partial charge < -0.3 is 15.0 Å². The molecule has 49 heavy (non-hydrogen) atoms. The molecule has 0 radical (unpaired) electrons. The fourth-order valence-corrected chi connectivity index (χ4v) is 7.15. The van der Waals surface area contributed by atoms with Gasteiger partial charge in [-0.3, -0.25) is 4.79 Å². The zero-order valence-electron chi connectivity index (χ0n) is 28.0. The quantitative estimate of drug-likeness (QED) is 0.0595. The largest absolute Gasteiger partial charge is 0.607 e. The minimum Gasteiger partial charge on any atom is -0.607 e. The van der Waals surface area contributed by atoms with Gasteiger partial charge in [0, 0.05) is 49.1 Å². The molecule has 4 aromatic carbocycles. The van der Waals surface area contributed by atoms with Gasteiger partial charge in [-0.1, -0.05) is 91.5 Å². The first-order valence-electron chi connectivity index (χ1n) is 16.9. The first-order chi connectivity index (χ1) is 23.8. The number of amides is 1. The van der Waals surface area contributed by atoms with Crippen LogP contribution in [0.4, 0.5) is 5.95 Å². The minimum atomic E-state index is -4.41. The van der Waals surface area contributed by atoms with E-state index in [2.05, 4.69) is 29.8 Å². The van der Waals surface area contributed by atoms with E-state index in [1.807, 2.05) is 36.4 Å². The lowest BCUT2D eigenvalue weighted by Gasteiger charge is -2.29. The summed E-state index contributed by atoms with van der Waals surface area (Å²) in [6, 6.07) is 26.8. The molecule has 6 rings (SSSR count). The van der Waals surface area contributed by atoms with Gasteiger partial charge in [0.25, 0.3) is 5.91 Å². The molecule has 0 spiro atoms. The van der Waals surface area contributed by atoms with Crippen LogP contribution in [0.5, 0.6) is 0 Å². The van der Waals surface area contributed by atoms with Gasteiger partial charge in [-0.15, -0.1) is 0 Å². The van der Waals surface area contributed by atoms with Crippen LogP contribution in [0.1, 0.15) is 66.6 Å². The number of benzene rings is 4. The van der Waals surface area contributed by atoms with E-state index in [1.54, 1.807) is 47.5 Å². The second kappa shape index (κ2) is 15.0. The number of sulfonamides is 1. The molecule has 0 atom stereocenters. The van der Waals surface area contributed by atoms with Gasteiger partial charge in [0.05, 0.1) is 5.69 Å². The Kier molecular flexibility index (Phi) is 10.3. The molecule has 1 aliphatic heterocycles. The Morgan fingerprint density at radius 1 is 0.898 bits per heavy atom. The van der Waals surface area contributed by atoms with Crippen LogP contribution < -0.4 is 4.90 Å². The first-order valence-corrected chi connectivity index (χ1v) is 18.4. The number of nitrogens with zero attached hydrogens (tertiary/aromatic N) is 5. The number of hydrogen-bond acceptors (Lipinski definition) is 7. The predicted octanol–water partition coefficient (Wildman–Crippen LogP) is 7.22. The number of anilines is 1. The molecule has 0 aliphatic carbocycles. The standard InChI is InChI=1S/C39H41N5O4S/c1-3-5-22-42(23-6-4-2)39-40-21-19-37(41-39)35-18-15-29(25-36(35)38(45)43-24-20-31-12-8-10-14-33(31)28-43)27-44(46)49(47,48)34-17-16-30-11-7-9-13-32(30)26-34/h7-19,21,25-27H,3-6,20,22-24,28H2,1-2H3/b44-27-. The van der Waals surface area contributed by atoms with Gasteiger partial charge in [-0.25, -0.2) is 9.97 Å². The van der Waals surface area contributed by atoms with Crippen molar-refractivity contribution in [1.29, 1.82) is 0 Å². The van der Waals surface area contributed by atoms with Crippen molar-refractivity contribution < 1.29 is 17.4 Å². The van der Waals surface area contributed by atoms with Crippen molar-refractivity contribution in [1.82, 2.24) is 14.9 Å². The number of hydrogen-bond donors (Lipinski definition) is 0. The van der Waals surface area contributed by atoms with Crippen LogP contribution in [0.25, 0.3) is 22.0 Å². The normalized spacial score (nSPS) is 13.3. The highest BCUT2D eigenvalue weighted by Crippen LogP contribution is 2.29. The molecule has 252 valence electrons. The average Bonchev–Trinajstić information content (AvgIpc) is 3.14. The Morgan fingerprint density at radius 3 is 2.37 bits per heavy atom. The predicted molar refractivity (Wildman–Crippen MR) is 194 cm³/mol. The minimum absolute atomic E-state index is 0.0281. The molecule has 0 fully saturated rings. The van der Waals surface area contributed by atoms with E-state index in [0.717, 1.165) is 62.4 Å². The Bertz CT molecular complexity index is 2110. The third-order valence-corrected chi connectivity index (χ3v) is 10.4. The van der Waals surface area contributed by atoms with Crippen molar-refractivity contribution >= 4 is 38.9 Å². The van der Waals surface area contributed by atoms with Gasteiger partial charge in [0.15, 0.2) is 0 Å². The lowest BCUT2D eigenvalue weighted by Crippen LogP contribution is -2.36. The highest BCUT2D eigenvalue weighted by atomic mass is 32.2. The summed E-state index contributed by atoms with van der Waals surface area (Å²) < 4.78 is 26.7. The van der Waals surface area contributed by atoms with Gasteiger partial charge in [-0.05, 0) is 71.5 Å². The highest BCUT2D eigenvalue weighted by Gasteiger charge is 2.27. The van der Waals surface area contributed by atoms with E-state index in [4.69, 9.17) is 4.98 Å². The monoisotopic (exact) mass is 675 g/mol. The van der Waals surface area contributed by atoms with E-state index >= 15 is 0 Å². The fourth-order valence-electron chi connectivity index (χ4n) is 6.17. The molecule has 1 aromatic heterocycles. The SMILES string of the molecule is CCCCN(CCCC)c1nccc(-c2ccc(/C=[N+](/[O-])S(=O)(=O)c3ccc4ccccc4c3)cc2C(=O)N2CCc3ccccc3C2)n1. The lowest BCUT2D eigenvalue weighted by atomic mass is 9.96. The van der Waals surface area contributed by atoms with E-state index in [-0.39, 0.29) is 20.5 Å². The maximum Gasteiger partial charge on any atom is 0.405 e. The van der Waals surface area contributed by atoms with Gasteiger partial charge in [-0.2, -0.15) is 8.42 Å². The van der Waals surface area contributed by atoms with Gasteiger partial charge >= 0.3 is 10.0 Å². The zero-order chi connectivity index (χ0) is 34.4. The Morgan fingerprint density at radius 2 is 1.61 bits per heavy atom. The lowest BCUT2D eigenvalue weighted by molar-refractivity contribution is -0.273. The molecule has 1 aliphatic rings. The molecule has 0 saturated carbocycles. The molecule has 9 nitrogen and oxygen atoms in total. The van der Waals surface area contributed by atoms with Crippen LogP contribution in [0.2, 0.25) is 0 Å². The number of fused-ring (bicyclic) bond motifs is 2. The van der Waals surface area contributed by atoms with Crippen molar-refractivity contribution in [3.05, 3.63) is 125 Å². The molecule has 1 amide bonds. The fraction of sp³-hybridized carbons (Fsp3) is 0.282. The third-order valence-electron chi connectivity index (χ3n) is 8.97. The van der Waals surface area contributed by atoms with Crippen LogP contribution in [-0.4, -0.2) is 59.2 Å². The summed E-state index contributed by atoms with van der Waals surface area (Å²) in [5.41, 5.74) is 4.09. The Hall–Kier alpha value is -5.09. The van der Waals surface area contributed by atoms with Crippen LogP contribution in [0.3, 0.4) is 0 Å². The molecular weight excluding hydrogens is 635 g/mol. The summed E-state index contributed by atoms with van der Waals surface area (Å²) in [6.45, 7) is 6.95. The van der Waals surface area contributed by atoms with Crippen molar-refractivity contribution in [3.63, 3.8) is 0 Å². The summed E-state index contributed by atoms with van der Waals surface area (Å²) in [6.07, 6.45) is 7.56. The highest BCUT2D eigenvalue weighted by molar-refractivity contribution is 7.85. The van der Waals surface area contributed by atoms with Crippen LogP contribution in [0, 0.1) is 5.21 Å². The van der Waals surface area contributed by atoms with Gasteiger partial charge in [0.2, 0.25) is 12.2 Å².